The van der Waals surface area contributed by atoms with E-state index in [1.54, 1.807) is 0 Å². The largest absolute Gasteiger partial charge is 0.333 e. The van der Waals surface area contributed by atoms with Gasteiger partial charge in [0.25, 0.3) is 0 Å². The number of carbonyl (C=O) groups is 3. The molecule has 0 N–H and O–H groups in total. The molecule has 4 amide bonds. The Morgan fingerprint density at radius 1 is 1.18 bits per heavy atom. The standard InChI is InChI=1S/C11H15BrN2O3/c1-13-8(15)9(16)14(10(13)17)7-11(6-12)4-2-3-5-11/h2-7H2,1H3. The summed E-state index contributed by atoms with van der Waals surface area (Å²) < 4.78 is 0. The van der Waals surface area contributed by atoms with E-state index in [2.05, 4.69) is 15.9 Å². The molecule has 1 aliphatic carbocycles. The lowest BCUT2D eigenvalue weighted by molar-refractivity contribution is -0.143. The SMILES string of the molecule is CN1C(=O)C(=O)N(CC2(CBr)CCCC2)C1=O. The van der Waals surface area contributed by atoms with Crippen LogP contribution in [0.25, 0.3) is 0 Å². The number of nitrogens with zero attached hydrogens (tertiary/aromatic N) is 2. The number of hydrogen-bond acceptors (Lipinski definition) is 3. The van der Waals surface area contributed by atoms with Gasteiger partial charge in [-0.3, -0.25) is 19.4 Å². The first-order valence-electron chi connectivity index (χ1n) is 5.70. The molecule has 0 atom stereocenters. The van der Waals surface area contributed by atoms with E-state index in [9.17, 15) is 14.4 Å². The van der Waals surface area contributed by atoms with Crippen LogP contribution in [0.1, 0.15) is 25.7 Å². The van der Waals surface area contributed by atoms with E-state index in [1.807, 2.05) is 0 Å². The van der Waals surface area contributed by atoms with E-state index in [1.165, 1.54) is 7.05 Å². The Balaban J connectivity index is 2.16. The van der Waals surface area contributed by atoms with Crippen molar-refractivity contribution in [2.75, 3.05) is 18.9 Å². The number of carbonyl (C=O) groups excluding carboxylic acids is 3. The predicted molar refractivity (Wildman–Crippen MR) is 64.6 cm³/mol. The molecule has 17 heavy (non-hydrogen) atoms. The smallest absolute Gasteiger partial charge is 0.263 e. The molecule has 1 saturated heterocycles. The topological polar surface area (TPSA) is 57.7 Å². The van der Waals surface area contributed by atoms with E-state index < -0.39 is 17.8 Å². The summed E-state index contributed by atoms with van der Waals surface area (Å²) in [6, 6.07) is -0.493. The van der Waals surface area contributed by atoms with Crippen LogP contribution in [0.5, 0.6) is 0 Å². The first-order valence-corrected chi connectivity index (χ1v) is 6.82. The second kappa shape index (κ2) is 4.40. The average Bonchev–Trinajstić information content (AvgIpc) is 2.87. The van der Waals surface area contributed by atoms with Crippen molar-refractivity contribution < 1.29 is 14.4 Å². The van der Waals surface area contributed by atoms with Crippen molar-refractivity contribution in [3.8, 4) is 0 Å². The van der Waals surface area contributed by atoms with Crippen LogP contribution in [0.4, 0.5) is 4.79 Å². The maximum atomic E-state index is 11.8. The molecule has 0 radical (unpaired) electrons. The van der Waals surface area contributed by atoms with Gasteiger partial charge in [0.1, 0.15) is 0 Å². The van der Waals surface area contributed by atoms with Crippen molar-refractivity contribution in [3.63, 3.8) is 0 Å². The summed E-state index contributed by atoms with van der Waals surface area (Å²) in [6.07, 6.45) is 4.22. The zero-order chi connectivity index (χ0) is 12.6. The van der Waals surface area contributed by atoms with Gasteiger partial charge in [0.15, 0.2) is 0 Å². The summed E-state index contributed by atoms with van der Waals surface area (Å²) in [4.78, 5) is 36.8. The first kappa shape index (κ1) is 12.5. The summed E-state index contributed by atoms with van der Waals surface area (Å²) in [5, 5.41) is 0.759. The fourth-order valence-corrected chi connectivity index (χ4v) is 3.29. The first-order chi connectivity index (χ1) is 8.01. The number of hydrogen-bond donors (Lipinski definition) is 0. The van der Waals surface area contributed by atoms with Crippen LogP contribution in [0.3, 0.4) is 0 Å². The van der Waals surface area contributed by atoms with Crippen LogP contribution in [0.2, 0.25) is 0 Å². The number of likely N-dealkylation sites (N-methyl/N-ethyl adjacent to an activating group) is 1. The van der Waals surface area contributed by atoms with E-state index in [4.69, 9.17) is 0 Å². The number of urea groups is 1. The van der Waals surface area contributed by atoms with Gasteiger partial charge in [-0.05, 0) is 18.3 Å². The Kier molecular flexibility index (Phi) is 3.25. The molecule has 2 fully saturated rings. The van der Waals surface area contributed by atoms with Crippen LogP contribution in [-0.2, 0) is 9.59 Å². The van der Waals surface area contributed by atoms with Crippen molar-refractivity contribution in [1.29, 1.82) is 0 Å². The molecule has 0 aromatic heterocycles. The third-order valence-electron chi connectivity index (χ3n) is 3.69. The molecule has 0 aromatic carbocycles. The van der Waals surface area contributed by atoms with Crippen LogP contribution in [0, 0.1) is 5.41 Å². The molecule has 6 heteroatoms. The van der Waals surface area contributed by atoms with Gasteiger partial charge in [0.2, 0.25) is 0 Å². The van der Waals surface area contributed by atoms with E-state index in [-0.39, 0.29) is 5.41 Å². The fourth-order valence-electron chi connectivity index (χ4n) is 2.55. The quantitative estimate of drug-likeness (QED) is 0.449. The minimum Gasteiger partial charge on any atom is -0.263 e. The minimum absolute atomic E-state index is 0.0449. The molecule has 2 aliphatic rings. The monoisotopic (exact) mass is 302 g/mol. The third kappa shape index (κ3) is 1.99. The Bertz CT molecular complexity index is 377. The van der Waals surface area contributed by atoms with Crippen LogP contribution >= 0.6 is 15.9 Å². The van der Waals surface area contributed by atoms with Crippen molar-refractivity contribution in [2.24, 2.45) is 5.41 Å². The second-order valence-corrected chi connectivity index (χ2v) is 5.44. The normalized spacial score (nSPS) is 24.0. The Labute approximate surface area is 108 Å². The van der Waals surface area contributed by atoms with Gasteiger partial charge < -0.3 is 0 Å². The maximum absolute atomic E-state index is 11.8. The highest BCUT2D eigenvalue weighted by atomic mass is 79.9. The van der Waals surface area contributed by atoms with Crippen molar-refractivity contribution in [2.45, 2.75) is 25.7 Å². The molecular weight excluding hydrogens is 288 g/mol. The highest BCUT2D eigenvalue weighted by Gasteiger charge is 2.46. The number of halogens is 1. The summed E-state index contributed by atoms with van der Waals surface area (Å²) in [6.45, 7) is 0.353. The minimum atomic E-state index is -0.724. The Morgan fingerprint density at radius 2 is 1.76 bits per heavy atom. The summed E-state index contributed by atoms with van der Waals surface area (Å²) in [7, 11) is 1.35. The summed E-state index contributed by atoms with van der Waals surface area (Å²) in [5.41, 5.74) is -0.0449. The van der Waals surface area contributed by atoms with Gasteiger partial charge in [0, 0.05) is 18.9 Å². The summed E-state index contributed by atoms with van der Waals surface area (Å²) in [5.74, 6) is -1.41. The average molecular weight is 303 g/mol. The fraction of sp³-hybridized carbons (Fsp3) is 0.727. The van der Waals surface area contributed by atoms with Crippen molar-refractivity contribution in [3.05, 3.63) is 0 Å². The highest BCUT2D eigenvalue weighted by molar-refractivity contribution is 9.09. The molecule has 1 aliphatic heterocycles. The zero-order valence-corrected chi connectivity index (χ0v) is 11.3. The molecule has 1 heterocycles. The number of amides is 4. The van der Waals surface area contributed by atoms with Gasteiger partial charge >= 0.3 is 17.8 Å². The van der Waals surface area contributed by atoms with Gasteiger partial charge in [-0.1, -0.05) is 28.8 Å². The predicted octanol–water partition coefficient (Wildman–Crippen LogP) is 1.36. The van der Waals surface area contributed by atoms with Crippen molar-refractivity contribution >= 4 is 33.8 Å². The molecule has 94 valence electrons. The summed E-state index contributed by atoms with van der Waals surface area (Å²) >= 11 is 3.46. The van der Waals surface area contributed by atoms with Gasteiger partial charge in [-0.25, -0.2) is 4.79 Å². The van der Waals surface area contributed by atoms with Crippen LogP contribution in [0.15, 0.2) is 0 Å². The molecule has 0 aromatic rings. The van der Waals surface area contributed by atoms with E-state index in [0.717, 1.165) is 40.8 Å². The van der Waals surface area contributed by atoms with Gasteiger partial charge in [0.05, 0.1) is 0 Å². The van der Waals surface area contributed by atoms with Crippen molar-refractivity contribution in [1.82, 2.24) is 9.80 Å². The van der Waals surface area contributed by atoms with Crippen LogP contribution < -0.4 is 0 Å². The third-order valence-corrected chi connectivity index (χ3v) is 4.88. The van der Waals surface area contributed by atoms with Crippen LogP contribution in [-0.4, -0.2) is 46.6 Å². The zero-order valence-electron chi connectivity index (χ0n) is 9.74. The second-order valence-electron chi connectivity index (χ2n) is 4.88. The van der Waals surface area contributed by atoms with Gasteiger partial charge in [-0.15, -0.1) is 0 Å². The van der Waals surface area contributed by atoms with E-state index >= 15 is 0 Å². The molecule has 1 saturated carbocycles. The Hall–Kier alpha value is -0.910. The molecule has 2 rings (SSSR count). The number of imide groups is 2. The lowest BCUT2D eigenvalue weighted by Crippen LogP contribution is -2.41. The van der Waals surface area contributed by atoms with E-state index in [0.29, 0.717) is 6.54 Å². The molecule has 5 nitrogen and oxygen atoms in total. The van der Waals surface area contributed by atoms with Gasteiger partial charge in [-0.2, -0.15) is 0 Å². The molecular formula is C11H15BrN2O3. The molecule has 0 bridgehead atoms. The molecule has 0 spiro atoms. The molecule has 0 unspecified atom stereocenters. The highest BCUT2D eigenvalue weighted by Crippen LogP contribution is 2.40. The lowest BCUT2D eigenvalue weighted by Gasteiger charge is -2.29. The number of alkyl halides is 1. The lowest BCUT2D eigenvalue weighted by atomic mass is 9.88. The Morgan fingerprint density at radius 3 is 2.18 bits per heavy atom. The maximum Gasteiger partial charge on any atom is 0.333 e. The number of rotatable bonds is 3.